The Balaban J connectivity index is 1.22. The number of methoxy groups -OCH3 is 1. The van der Waals surface area contributed by atoms with Crippen molar-refractivity contribution in [2.45, 2.75) is 6.23 Å². The number of amides is 1. The van der Waals surface area contributed by atoms with Gasteiger partial charge in [-0.05, 0) is 35.7 Å². The van der Waals surface area contributed by atoms with Crippen molar-refractivity contribution in [2.24, 2.45) is 0 Å². The molecule has 1 saturated heterocycles. The molecular weight excluding hydrogens is 390 g/mol. The Labute approximate surface area is 182 Å². The van der Waals surface area contributed by atoms with Crippen molar-refractivity contribution in [2.75, 3.05) is 51.3 Å². The molecule has 2 aliphatic heterocycles. The average Bonchev–Trinajstić information content (AvgIpc) is 2.83. The molecule has 0 bridgehead atoms. The lowest BCUT2D eigenvalue weighted by molar-refractivity contribution is 0.000972. The lowest BCUT2D eigenvalue weighted by Crippen LogP contribution is -2.49. The molecule has 31 heavy (non-hydrogen) atoms. The molecule has 1 unspecified atom stereocenters. The van der Waals surface area contributed by atoms with E-state index in [1.54, 1.807) is 12.0 Å². The van der Waals surface area contributed by atoms with Crippen LogP contribution in [0.5, 0.6) is 5.75 Å². The number of benzene rings is 3. The minimum Gasteiger partial charge on any atom is -0.497 e. The Morgan fingerprint density at radius 1 is 0.935 bits per heavy atom. The minimum absolute atomic E-state index is 0.0892. The lowest BCUT2D eigenvalue weighted by Gasteiger charge is -2.38. The minimum atomic E-state index is -0.897. The molecule has 0 saturated carbocycles. The van der Waals surface area contributed by atoms with Crippen LogP contribution < -0.4 is 9.64 Å². The summed E-state index contributed by atoms with van der Waals surface area (Å²) in [6.45, 7) is 4.98. The number of carbonyl (C=O) groups excluding carboxylic acids is 1. The van der Waals surface area contributed by atoms with Crippen LogP contribution in [-0.4, -0.2) is 67.2 Å². The number of aliphatic hydroxyl groups is 1. The van der Waals surface area contributed by atoms with Gasteiger partial charge in [-0.25, -0.2) is 0 Å². The zero-order valence-corrected chi connectivity index (χ0v) is 17.7. The van der Waals surface area contributed by atoms with Gasteiger partial charge in [0.1, 0.15) is 5.75 Å². The van der Waals surface area contributed by atoms with Gasteiger partial charge >= 0.3 is 0 Å². The highest BCUT2D eigenvalue weighted by molar-refractivity contribution is 6.10. The standard InChI is InChI=1S/C25H27N3O3/c1-31-20-10-8-19(9-11-20)27-15-12-26(13-16-27)14-17-28-24(29)21-6-2-4-18-5-3-7-22(23(18)21)25(28)30/h2-11,24,29H,12-17H2,1H3. The van der Waals surface area contributed by atoms with Crippen LogP contribution in [0.2, 0.25) is 0 Å². The Morgan fingerprint density at radius 3 is 2.35 bits per heavy atom. The average molecular weight is 418 g/mol. The van der Waals surface area contributed by atoms with Gasteiger partial charge in [-0.2, -0.15) is 0 Å². The van der Waals surface area contributed by atoms with Gasteiger partial charge < -0.3 is 19.6 Å². The first kappa shape index (κ1) is 19.8. The molecule has 1 fully saturated rings. The lowest BCUT2D eigenvalue weighted by atomic mass is 9.93. The van der Waals surface area contributed by atoms with Gasteiger partial charge in [0, 0.05) is 61.5 Å². The number of anilines is 1. The van der Waals surface area contributed by atoms with Crippen LogP contribution in [-0.2, 0) is 0 Å². The summed E-state index contributed by atoms with van der Waals surface area (Å²) in [5, 5.41) is 12.8. The summed E-state index contributed by atoms with van der Waals surface area (Å²) < 4.78 is 5.24. The highest BCUT2D eigenvalue weighted by Crippen LogP contribution is 2.35. The van der Waals surface area contributed by atoms with Crippen molar-refractivity contribution in [3.05, 3.63) is 71.8 Å². The van der Waals surface area contributed by atoms with Gasteiger partial charge in [-0.3, -0.25) is 9.69 Å². The number of nitrogens with zero attached hydrogens (tertiary/aromatic N) is 3. The summed E-state index contributed by atoms with van der Waals surface area (Å²) in [4.78, 5) is 19.4. The maximum absolute atomic E-state index is 13.1. The molecule has 6 heteroatoms. The van der Waals surface area contributed by atoms with E-state index < -0.39 is 6.23 Å². The van der Waals surface area contributed by atoms with E-state index >= 15 is 0 Å². The van der Waals surface area contributed by atoms with Crippen molar-refractivity contribution >= 4 is 22.4 Å². The summed E-state index contributed by atoms with van der Waals surface area (Å²) in [6, 6.07) is 19.8. The van der Waals surface area contributed by atoms with E-state index in [0.717, 1.165) is 54.8 Å². The highest BCUT2D eigenvalue weighted by Gasteiger charge is 2.32. The zero-order valence-electron chi connectivity index (χ0n) is 17.7. The van der Waals surface area contributed by atoms with Gasteiger partial charge in [-0.15, -0.1) is 0 Å². The van der Waals surface area contributed by atoms with E-state index in [1.165, 1.54) is 5.69 Å². The van der Waals surface area contributed by atoms with Crippen LogP contribution in [0.4, 0.5) is 5.69 Å². The third-order valence-electron chi connectivity index (χ3n) is 6.47. The molecule has 3 aromatic carbocycles. The quantitative estimate of drug-likeness (QED) is 0.691. The first-order chi connectivity index (χ1) is 15.2. The molecule has 1 N–H and O–H groups in total. The predicted octanol–water partition coefficient (Wildman–Crippen LogP) is 3.12. The van der Waals surface area contributed by atoms with E-state index in [2.05, 4.69) is 21.9 Å². The molecule has 1 amide bonds. The Hall–Kier alpha value is -3.09. The molecule has 2 heterocycles. The van der Waals surface area contributed by atoms with Gasteiger partial charge in [0.25, 0.3) is 5.91 Å². The van der Waals surface area contributed by atoms with E-state index in [9.17, 15) is 9.90 Å². The van der Waals surface area contributed by atoms with Gasteiger partial charge in [0.2, 0.25) is 0 Å². The SMILES string of the molecule is COc1ccc(N2CCN(CCN3C(=O)c4cccc5cccc(c45)C3O)CC2)cc1. The summed E-state index contributed by atoms with van der Waals surface area (Å²) in [7, 11) is 1.68. The third kappa shape index (κ3) is 3.62. The van der Waals surface area contributed by atoms with E-state index in [4.69, 9.17) is 4.74 Å². The molecule has 3 aromatic rings. The van der Waals surface area contributed by atoms with Crippen molar-refractivity contribution in [1.82, 2.24) is 9.80 Å². The molecule has 5 rings (SSSR count). The van der Waals surface area contributed by atoms with Crippen LogP contribution in [0.1, 0.15) is 22.1 Å². The molecule has 0 spiro atoms. The van der Waals surface area contributed by atoms with Gasteiger partial charge in [0.05, 0.1) is 7.11 Å². The second-order valence-electron chi connectivity index (χ2n) is 8.15. The monoisotopic (exact) mass is 417 g/mol. The normalized spacial score (nSPS) is 19.2. The highest BCUT2D eigenvalue weighted by atomic mass is 16.5. The molecule has 2 aliphatic rings. The van der Waals surface area contributed by atoms with Crippen molar-refractivity contribution in [3.63, 3.8) is 0 Å². The molecule has 1 atom stereocenters. The number of ether oxygens (including phenoxy) is 1. The van der Waals surface area contributed by atoms with Crippen molar-refractivity contribution in [1.29, 1.82) is 0 Å². The largest absolute Gasteiger partial charge is 0.497 e. The first-order valence-corrected chi connectivity index (χ1v) is 10.8. The predicted molar refractivity (Wildman–Crippen MR) is 122 cm³/mol. The summed E-state index contributed by atoms with van der Waals surface area (Å²) in [5.41, 5.74) is 2.70. The number of rotatable bonds is 5. The Morgan fingerprint density at radius 2 is 1.65 bits per heavy atom. The zero-order chi connectivity index (χ0) is 21.4. The van der Waals surface area contributed by atoms with E-state index in [1.807, 2.05) is 48.5 Å². The molecule has 0 aromatic heterocycles. The Kier molecular flexibility index (Phi) is 5.26. The third-order valence-corrected chi connectivity index (χ3v) is 6.47. The fraction of sp³-hybridized carbons (Fsp3) is 0.320. The van der Waals surface area contributed by atoms with Crippen LogP contribution in [0.15, 0.2) is 60.7 Å². The van der Waals surface area contributed by atoms with Crippen molar-refractivity contribution in [3.8, 4) is 5.75 Å². The van der Waals surface area contributed by atoms with E-state index in [-0.39, 0.29) is 5.91 Å². The van der Waals surface area contributed by atoms with Crippen LogP contribution in [0.25, 0.3) is 10.8 Å². The van der Waals surface area contributed by atoms with Crippen molar-refractivity contribution < 1.29 is 14.6 Å². The molecule has 0 aliphatic carbocycles. The fourth-order valence-corrected chi connectivity index (χ4v) is 4.69. The molecule has 6 nitrogen and oxygen atoms in total. The number of hydrogen-bond donors (Lipinski definition) is 1. The van der Waals surface area contributed by atoms with Gasteiger partial charge in [-0.1, -0.05) is 30.3 Å². The number of aliphatic hydroxyl groups excluding tert-OH is 1. The first-order valence-electron chi connectivity index (χ1n) is 10.8. The van der Waals surface area contributed by atoms with Crippen LogP contribution in [0.3, 0.4) is 0 Å². The number of piperazine rings is 1. The fourth-order valence-electron chi connectivity index (χ4n) is 4.69. The number of carbonyl (C=O) groups is 1. The Bertz CT molecular complexity index is 1090. The summed E-state index contributed by atoms with van der Waals surface area (Å²) in [6.07, 6.45) is -0.897. The van der Waals surface area contributed by atoms with E-state index in [0.29, 0.717) is 12.1 Å². The molecule has 160 valence electrons. The molecule has 0 radical (unpaired) electrons. The maximum Gasteiger partial charge on any atom is 0.256 e. The topological polar surface area (TPSA) is 56.2 Å². The number of hydrogen-bond acceptors (Lipinski definition) is 5. The maximum atomic E-state index is 13.1. The van der Waals surface area contributed by atoms with Crippen LogP contribution >= 0.6 is 0 Å². The molecular formula is C25H27N3O3. The summed E-state index contributed by atoms with van der Waals surface area (Å²) in [5.74, 6) is 0.776. The second kappa shape index (κ2) is 8.21. The van der Waals surface area contributed by atoms with Gasteiger partial charge in [0.15, 0.2) is 6.23 Å². The second-order valence-corrected chi connectivity index (χ2v) is 8.15. The smallest absolute Gasteiger partial charge is 0.256 e. The van der Waals surface area contributed by atoms with Crippen LogP contribution in [0, 0.1) is 0 Å². The summed E-state index contributed by atoms with van der Waals surface area (Å²) >= 11 is 0.